The second kappa shape index (κ2) is 7.29. The Hall–Kier alpha value is -1.97. The lowest BCUT2D eigenvalue weighted by atomic mass is 9.95. The van der Waals surface area contributed by atoms with Gasteiger partial charge in [-0.05, 0) is 43.7 Å². The van der Waals surface area contributed by atoms with Crippen LogP contribution >= 0.6 is 0 Å². The van der Waals surface area contributed by atoms with Crippen molar-refractivity contribution in [3.05, 3.63) is 70.3 Å². The minimum atomic E-state index is 0.122. The van der Waals surface area contributed by atoms with Crippen LogP contribution in [-0.2, 0) is 6.54 Å². The monoisotopic (exact) mass is 322 g/mol. The summed E-state index contributed by atoms with van der Waals surface area (Å²) < 4.78 is 0. The van der Waals surface area contributed by atoms with Crippen LogP contribution in [0.3, 0.4) is 0 Å². The Morgan fingerprint density at radius 3 is 2.46 bits per heavy atom. The fourth-order valence-corrected chi connectivity index (χ4v) is 3.23. The number of aryl methyl sites for hydroxylation is 1. The Bertz CT molecular complexity index is 730. The van der Waals surface area contributed by atoms with E-state index in [0.29, 0.717) is 0 Å². The highest BCUT2D eigenvalue weighted by Gasteiger charge is 2.16. The topological polar surface area (TPSA) is 23.6 Å². The van der Waals surface area contributed by atoms with Crippen LogP contribution in [0.5, 0.6) is 0 Å². The Morgan fingerprint density at radius 2 is 1.71 bits per heavy atom. The van der Waals surface area contributed by atoms with Crippen molar-refractivity contribution in [2.75, 3.05) is 33.2 Å². The highest BCUT2D eigenvalue weighted by atomic mass is 16.1. The van der Waals surface area contributed by atoms with Crippen LogP contribution < -0.4 is 0 Å². The minimum absolute atomic E-state index is 0.122. The molecule has 1 fully saturated rings. The first-order valence-electron chi connectivity index (χ1n) is 8.65. The maximum Gasteiger partial charge on any atom is 0.193 e. The lowest BCUT2D eigenvalue weighted by Crippen LogP contribution is -2.43. The molecule has 0 radical (unpaired) electrons. The summed E-state index contributed by atoms with van der Waals surface area (Å²) in [7, 11) is 2.17. The number of hydrogen-bond donors (Lipinski definition) is 0. The number of likely N-dealkylation sites (N-methyl/N-ethyl adjacent to an activating group) is 1. The largest absolute Gasteiger partial charge is 0.304 e. The molecule has 0 aromatic heterocycles. The molecule has 0 aliphatic carbocycles. The van der Waals surface area contributed by atoms with Gasteiger partial charge in [0, 0.05) is 43.9 Å². The molecule has 24 heavy (non-hydrogen) atoms. The van der Waals surface area contributed by atoms with Crippen LogP contribution in [0.2, 0.25) is 0 Å². The second-order valence-corrected chi connectivity index (χ2v) is 6.86. The molecule has 3 rings (SSSR count). The van der Waals surface area contributed by atoms with Crippen LogP contribution in [0.15, 0.2) is 42.5 Å². The van der Waals surface area contributed by atoms with E-state index < -0.39 is 0 Å². The first kappa shape index (κ1) is 16.9. The van der Waals surface area contributed by atoms with E-state index in [2.05, 4.69) is 42.0 Å². The average molecular weight is 322 g/mol. The van der Waals surface area contributed by atoms with Crippen molar-refractivity contribution in [1.82, 2.24) is 9.80 Å². The van der Waals surface area contributed by atoms with Crippen LogP contribution in [0, 0.1) is 13.8 Å². The molecule has 0 bridgehead atoms. The standard InChI is InChI=1S/C21H26N2O/c1-16-6-4-9-20(17(16)2)21(24)19-8-5-7-18(14-19)15-23-12-10-22(3)11-13-23/h4-9,14H,10-13,15H2,1-3H3. The van der Waals surface area contributed by atoms with Gasteiger partial charge >= 0.3 is 0 Å². The number of ketones is 1. The summed E-state index contributed by atoms with van der Waals surface area (Å²) in [6.07, 6.45) is 0. The molecule has 0 saturated carbocycles. The van der Waals surface area contributed by atoms with Crippen molar-refractivity contribution in [2.45, 2.75) is 20.4 Å². The molecular formula is C21H26N2O. The summed E-state index contributed by atoms with van der Waals surface area (Å²) >= 11 is 0. The molecule has 1 aliphatic rings. The van der Waals surface area contributed by atoms with E-state index in [0.717, 1.165) is 55.0 Å². The lowest BCUT2D eigenvalue weighted by molar-refractivity contribution is 0.103. The van der Waals surface area contributed by atoms with Gasteiger partial charge < -0.3 is 4.90 Å². The smallest absolute Gasteiger partial charge is 0.193 e. The quantitative estimate of drug-likeness (QED) is 0.807. The molecule has 3 heteroatoms. The van der Waals surface area contributed by atoms with Crippen molar-refractivity contribution >= 4 is 5.78 Å². The Balaban J connectivity index is 1.77. The molecule has 126 valence electrons. The van der Waals surface area contributed by atoms with E-state index in [1.54, 1.807) is 0 Å². The second-order valence-electron chi connectivity index (χ2n) is 6.86. The summed E-state index contributed by atoms with van der Waals surface area (Å²) in [5.74, 6) is 0.122. The molecule has 1 aliphatic heterocycles. The molecule has 1 heterocycles. The Labute approximate surface area is 144 Å². The summed E-state index contributed by atoms with van der Waals surface area (Å²) in [5.41, 5.74) is 5.05. The lowest BCUT2D eigenvalue weighted by Gasteiger charge is -2.32. The van der Waals surface area contributed by atoms with Gasteiger partial charge in [-0.25, -0.2) is 0 Å². The average Bonchev–Trinajstić information content (AvgIpc) is 2.59. The normalized spacial score (nSPS) is 16.3. The van der Waals surface area contributed by atoms with Gasteiger partial charge in [-0.15, -0.1) is 0 Å². The highest BCUT2D eigenvalue weighted by molar-refractivity contribution is 6.10. The number of hydrogen-bond acceptors (Lipinski definition) is 3. The zero-order chi connectivity index (χ0) is 17.1. The maximum absolute atomic E-state index is 12.9. The number of carbonyl (C=O) groups excluding carboxylic acids is 1. The summed E-state index contributed by atoms with van der Waals surface area (Å²) in [6, 6.07) is 14.1. The van der Waals surface area contributed by atoms with Crippen molar-refractivity contribution in [2.24, 2.45) is 0 Å². The van der Waals surface area contributed by atoms with Gasteiger partial charge in [0.1, 0.15) is 0 Å². The van der Waals surface area contributed by atoms with Crippen molar-refractivity contribution in [3.63, 3.8) is 0 Å². The number of benzene rings is 2. The minimum Gasteiger partial charge on any atom is -0.304 e. The van der Waals surface area contributed by atoms with Gasteiger partial charge in [0.15, 0.2) is 5.78 Å². The van der Waals surface area contributed by atoms with Gasteiger partial charge in [0.25, 0.3) is 0 Å². The van der Waals surface area contributed by atoms with Crippen molar-refractivity contribution in [3.8, 4) is 0 Å². The predicted octanol–water partition coefficient (Wildman–Crippen LogP) is 3.28. The number of nitrogens with zero attached hydrogens (tertiary/aromatic N) is 2. The number of rotatable bonds is 4. The predicted molar refractivity (Wildman–Crippen MR) is 98.6 cm³/mol. The maximum atomic E-state index is 12.9. The summed E-state index contributed by atoms with van der Waals surface area (Å²) in [4.78, 5) is 17.7. The molecule has 0 unspecified atom stereocenters. The van der Waals surface area contributed by atoms with Gasteiger partial charge in [-0.2, -0.15) is 0 Å². The highest BCUT2D eigenvalue weighted by Crippen LogP contribution is 2.18. The Morgan fingerprint density at radius 1 is 1.00 bits per heavy atom. The molecule has 1 saturated heterocycles. The fourth-order valence-electron chi connectivity index (χ4n) is 3.23. The van der Waals surface area contributed by atoms with Crippen molar-refractivity contribution < 1.29 is 4.79 Å². The van der Waals surface area contributed by atoms with E-state index in [4.69, 9.17) is 0 Å². The number of carbonyl (C=O) groups is 1. The zero-order valence-electron chi connectivity index (χ0n) is 14.9. The first-order valence-corrected chi connectivity index (χ1v) is 8.65. The van der Waals surface area contributed by atoms with Crippen LogP contribution in [0.25, 0.3) is 0 Å². The van der Waals surface area contributed by atoms with E-state index >= 15 is 0 Å². The van der Waals surface area contributed by atoms with E-state index in [9.17, 15) is 4.79 Å². The molecule has 0 atom stereocenters. The third-order valence-electron chi connectivity index (χ3n) is 5.04. The third kappa shape index (κ3) is 3.74. The van der Waals surface area contributed by atoms with E-state index in [-0.39, 0.29) is 5.78 Å². The number of piperazine rings is 1. The van der Waals surface area contributed by atoms with Crippen LogP contribution in [0.1, 0.15) is 32.6 Å². The molecule has 0 N–H and O–H groups in total. The van der Waals surface area contributed by atoms with Gasteiger partial charge in [0.05, 0.1) is 0 Å². The molecule has 2 aromatic carbocycles. The van der Waals surface area contributed by atoms with Gasteiger partial charge in [-0.1, -0.05) is 36.4 Å². The van der Waals surface area contributed by atoms with Gasteiger partial charge in [0.2, 0.25) is 0 Å². The van der Waals surface area contributed by atoms with E-state index in [1.807, 2.05) is 31.2 Å². The Kier molecular flexibility index (Phi) is 5.12. The zero-order valence-corrected chi connectivity index (χ0v) is 14.9. The fraction of sp³-hybridized carbons (Fsp3) is 0.381. The first-order chi connectivity index (χ1) is 11.5. The molecule has 3 nitrogen and oxygen atoms in total. The van der Waals surface area contributed by atoms with Crippen LogP contribution in [-0.4, -0.2) is 48.8 Å². The van der Waals surface area contributed by atoms with Gasteiger partial charge in [-0.3, -0.25) is 9.69 Å². The van der Waals surface area contributed by atoms with Crippen LogP contribution in [0.4, 0.5) is 0 Å². The molecular weight excluding hydrogens is 296 g/mol. The van der Waals surface area contributed by atoms with E-state index in [1.165, 1.54) is 5.56 Å². The summed E-state index contributed by atoms with van der Waals surface area (Å²) in [6.45, 7) is 9.40. The SMILES string of the molecule is Cc1cccc(C(=O)c2cccc(CN3CCN(C)CC3)c2)c1C. The summed E-state index contributed by atoms with van der Waals surface area (Å²) in [5, 5.41) is 0. The molecule has 0 amide bonds. The third-order valence-corrected chi connectivity index (χ3v) is 5.04. The van der Waals surface area contributed by atoms with Crippen molar-refractivity contribution in [1.29, 1.82) is 0 Å². The molecule has 0 spiro atoms. The molecule has 2 aromatic rings.